The predicted octanol–water partition coefficient (Wildman–Crippen LogP) is 4.61. The highest BCUT2D eigenvalue weighted by molar-refractivity contribution is 6.11. The molecule has 4 rings (SSSR count). The van der Waals surface area contributed by atoms with Crippen LogP contribution in [0.4, 0.5) is 11.4 Å². The molecule has 1 N–H and O–H groups in total. The van der Waals surface area contributed by atoms with E-state index in [9.17, 15) is 25.0 Å². The first kappa shape index (κ1) is 25.6. The third kappa shape index (κ3) is 5.65. The van der Waals surface area contributed by atoms with Gasteiger partial charge < -0.3 is 0 Å². The van der Waals surface area contributed by atoms with Crippen molar-refractivity contribution in [2.24, 2.45) is 15.2 Å². The molecular formula is C26H21N7O5. The Morgan fingerprint density at radius 3 is 2.16 bits per heavy atom. The fourth-order valence-electron chi connectivity index (χ4n) is 3.63. The maximum absolute atomic E-state index is 13.6. The summed E-state index contributed by atoms with van der Waals surface area (Å²) in [6.07, 6.45) is 4.56. The summed E-state index contributed by atoms with van der Waals surface area (Å²) in [6.45, 7) is 1.75. The summed E-state index contributed by atoms with van der Waals surface area (Å²) in [5.41, 5.74) is 3.42. The highest BCUT2D eigenvalue weighted by atomic mass is 16.6. The summed E-state index contributed by atoms with van der Waals surface area (Å²) >= 11 is 0. The van der Waals surface area contributed by atoms with Crippen LogP contribution in [0.1, 0.15) is 34.5 Å². The summed E-state index contributed by atoms with van der Waals surface area (Å²) in [5.74, 6) is -0.951. The van der Waals surface area contributed by atoms with Gasteiger partial charge in [-0.1, -0.05) is 66.7 Å². The Morgan fingerprint density at radius 2 is 1.58 bits per heavy atom. The average molecular weight is 511 g/mol. The summed E-state index contributed by atoms with van der Waals surface area (Å²) < 4.78 is 0. The van der Waals surface area contributed by atoms with Crippen LogP contribution < -0.4 is 5.43 Å². The molecule has 0 bridgehead atoms. The first-order valence-corrected chi connectivity index (χ1v) is 11.3. The first-order chi connectivity index (χ1) is 18.4. The zero-order valence-electron chi connectivity index (χ0n) is 20.0. The normalized spacial score (nSPS) is 15.0. The van der Waals surface area contributed by atoms with Gasteiger partial charge in [0.15, 0.2) is 0 Å². The number of nitrogens with zero attached hydrogens (tertiary/aromatic N) is 6. The molecule has 1 amide bonds. The van der Waals surface area contributed by atoms with Crippen molar-refractivity contribution < 1.29 is 14.6 Å². The monoisotopic (exact) mass is 511 g/mol. The average Bonchev–Trinajstić information content (AvgIpc) is 2.95. The number of hydrogen-bond donors (Lipinski definition) is 1. The zero-order chi connectivity index (χ0) is 27.1. The molecule has 0 fully saturated rings. The van der Waals surface area contributed by atoms with Crippen molar-refractivity contribution in [3.05, 3.63) is 128 Å². The molecule has 38 heavy (non-hydrogen) atoms. The number of guanidine groups is 1. The molecule has 1 heterocycles. The van der Waals surface area contributed by atoms with Crippen LogP contribution in [0, 0.1) is 20.2 Å². The number of benzene rings is 3. The lowest BCUT2D eigenvalue weighted by Gasteiger charge is -2.26. The van der Waals surface area contributed by atoms with Gasteiger partial charge in [0, 0.05) is 23.9 Å². The van der Waals surface area contributed by atoms with Crippen molar-refractivity contribution in [2.45, 2.75) is 13.0 Å². The molecule has 3 aromatic carbocycles. The lowest BCUT2D eigenvalue weighted by Crippen LogP contribution is -2.43. The number of nitro groups is 2. The Morgan fingerprint density at radius 1 is 0.974 bits per heavy atom. The van der Waals surface area contributed by atoms with E-state index in [1.54, 1.807) is 19.1 Å². The first-order valence-electron chi connectivity index (χ1n) is 11.3. The lowest BCUT2D eigenvalue weighted by atomic mass is 9.97. The van der Waals surface area contributed by atoms with Gasteiger partial charge >= 0.3 is 0 Å². The van der Waals surface area contributed by atoms with Gasteiger partial charge in [0.25, 0.3) is 17.3 Å². The topological polar surface area (TPSA) is 156 Å². The van der Waals surface area contributed by atoms with Gasteiger partial charge in [-0.05, 0) is 18.6 Å². The fraction of sp³-hybridized carbons (Fsp3) is 0.0769. The van der Waals surface area contributed by atoms with Gasteiger partial charge in [-0.25, -0.2) is 10.4 Å². The van der Waals surface area contributed by atoms with Crippen molar-refractivity contribution in [3.8, 4) is 0 Å². The Labute approximate surface area is 216 Å². The molecule has 0 radical (unpaired) electrons. The number of hydrogen-bond acceptors (Lipinski definition) is 9. The molecule has 0 saturated carbocycles. The largest absolute Gasteiger partial charge is 0.281 e. The van der Waals surface area contributed by atoms with E-state index in [0.29, 0.717) is 5.71 Å². The second kappa shape index (κ2) is 11.5. The van der Waals surface area contributed by atoms with Crippen LogP contribution in [0.15, 0.2) is 106 Å². The van der Waals surface area contributed by atoms with E-state index in [0.717, 1.165) is 34.3 Å². The van der Waals surface area contributed by atoms with E-state index in [-0.39, 0.29) is 11.5 Å². The molecule has 0 unspecified atom stereocenters. The van der Waals surface area contributed by atoms with Crippen LogP contribution in [0.2, 0.25) is 0 Å². The Bertz CT molecular complexity index is 1450. The number of aliphatic imine (C=N–C) groups is 1. The summed E-state index contributed by atoms with van der Waals surface area (Å²) in [7, 11) is 0. The Hall–Kier alpha value is -5.52. The fourth-order valence-corrected chi connectivity index (χ4v) is 3.63. The third-order valence-electron chi connectivity index (χ3n) is 5.40. The molecule has 1 aliphatic rings. The van der Waals surface area contributed by atoms with E-state index in [1.807, 2.05) is 60.7 Å². The Kier molecular flexibility index (Phi) is 7.72. The van der Waals surface area contributed by atoms with E-state index < -0.39 is 33.2 Å². The SMILES string of the molecule is C/C=C\C=N\N(C(=O)c1cc([N+](=O)[O-])cc([N+](=O)[O-])c1)C1=N[C@H](c2ccccc2)C(c2ccccc2)=NN1. The van der Waals surface area contributed by atoms with Gasteiger partial charge in [0.1, 0.15) is 6.04 Å². The minimum absolute atomic E-state index is 0.0709. The second-order valence-corrected chi connectivity index (χ2v) is 7.90. The van der Waals surface area contributed by atoms with Crippen molar-refractivity contribution in [1.82, 2.24) is 10.4 Å². The van der Waals surface area contributed by atoms with Gasteiger partial charge in [-0.15, -0.1) is 0 Å². The smallest absolute Gasteiger partial charge is 0.267 e. The van der Waals surface area contributed by atoms with Crippen LogP contribution >= 0.6 is 0 Å². The van der Waals surface area contributed by atoms with Crippen molar-refractivity contribution >= 4 is 35.2 Å². The van der Waals surface area contributed by atoms with Crippen LogP contribution in [-0.2, 0) is 0 Å². The van der Waals surface area contributed by atoms with Gasteiger partial charge in [-0.3, -0.25) is 25.0 Å². The zero-order valence-corrected chi connectivity index (χ0v) is 20.0. The van der Waals surface area contributed by atoms with Crippen molar-refractivity contribution in [2.75, 3.05) is 0 Å². The molecular weight excluding hydrogens is 490 g/mol. The number of allylic oxidation sites excluding steroid dienone is 2. The molecule has 190 valence electrons. The van der Waals surface area contributed by atoms with E-state index in [4.69, 9.17) is 4.99 Å². The number of rotatable bonds is 7. The summed E-state index contributed by atoms with van der Waals surface area (Å²) in [4.78, 5) is 39.4. The van der Waals surface area contributed by atoms with E-state index in [2.05, 4.69) is 15.6 Å². The minimum atomic E-state index is -0.881. The van der Waals surface area contributed by atoms with Crippen molar-refractivity contribution in [1.29, 1.82) is 0 Å². The number of amides is 1. The highest BCUT2D eigenvalue weighted by Crippen LogP contribution is 2.27. The Balaban J connectivity index is 1.81. The minimum Gasteiger partial charge on any atom is -0.267 e. The van der Waals surface area contributed by atoms with Gasteiger partial charge in [0.05, 0.1) is 27.2 Å². The second-order valence-electron chi connectivity index (χ2n) is 7.90. The van der Waals surface area contributed by atoms with Crippen LogP contribution in [0.5, 0.6) is 0 Å². The molecule has 1 atom stereocenters. The van der Waals surface area contributed by atoms with Crippen LogP contribution in [-0.4, -0.2) is 38.6 Å². The van der Waals surface area contributed by atoms with E-state index in [1.165, 1.54) is 6.21 Å². The number of non-ortho nitro benzene ring substituents is 2. The molecule has 12 nitrogen and oxygen atoms in total. The quantitative estimate of drug-likeness (QED) is 0.277. The van der Waals surface area contributed by atoms with Crippen LogP contribution in [0.3, 0.4) is 0 Å². The number of carbonyl (C=O) groups excluding carboxylic acids is 1. The highest BCUT2D eigenvalue weighted by Gasteiger charge is 2.31. The number of hydrazone groups is 2. The summed E-state index contributed by atoms with van der Waals surface area (Å²) in [5, 5.41) is 32.3. The molecule has 3 aromatic rings. The molecule has 0 aliphatic carbocycles. The third-order valence-corrected chi connectivity index (χ3v) is 5.40. The van der Waals surface area contributed by atoms with Gasteiger partial charge in [-0.2, -0.15) is 15.2 Å². The molecule has 12 heteroatoms. The number of nitro benzene ring substituents is 2. The molecule has 0 saturated heterocycles. The predicted molar refractivity (Wildman–Crippen MR) is 142 cm³/mol. The van der Waals surface area contributed by atoms with E-state index >= 15 is 0 Å². The van der Waals surface area contributed by atoms with Gasteiger partial charge in [0.2, 0.25) is 5.96 Å². The molecule has 0 spiro atoms. The van der Waals surface area contributed by atoms with Crippen molar-refractivity contribution in [3.63, 3.8) is 0 Å². The maximum atomic E-state index is 13.6. The summed E-state index contributed by atoms with van der Waals surface area (Å²) in [6, 6.07) is 20.7. The number of carbonyl (C=O) groups is 1. The molecule has 1 aliphatic heterocycles. The lowest BCUT2D eigenvalue weighted by molar-refractivity contribution is -0.394. The van der Waals surface area contributed by atoms with Crippen LogP contribution in [0.25, 0.3) is 0 Å². The maximum Gasteiger partial charge on any atom is 0.281 e. The standard InChI is InChI=1S/C26H21N7O5/c1-2-3-14-27-31(25(34)20-15-21(32(35)36)17-22(16-20)33(37)38)26-28-23(18-10-6-4-7-11-18)24(29-30-26)19-12-8-5-9-13-19/h2-17,23H,1H3,(H,28,30)/b3-2-,27-14+/t23-/m1/s1. The molecule has 0 aromatic heterocycles. The number of nitrogens with one attached hydrogen (secondary N) is 1.